The van der Waals surface area contributed by atoms with Crippen LogP contribution in [-0.2, 0) is 4.79 Å². The minimum atomic E-state index is 0.168. The van der Waals surface area contributed by atoms with E-state index in [4.69, 9.17) is 5.73 Å². The molecule has 2 aliphatic heterocycles. The van der Waals surface area contributed by atoms with E-state index in [9.17, 15) is 4.79 Å². The lowest BCUT2D eigenvalue weighted by Crippen LogP contribution is -2.45. The number of piperidine rings is 1. The highest BCUT2D eigenvalue weighted by molar-refractivity contribution is 5.83. The van der Waals surface area contributed by atoms with Crippen molar-refractivity contribution in [3.63, 3.8) is 0 Å². The van der Waals surface area contributed by atoms with Crippen molar-refractivity contribution in [2.75, 3.05) is 23.7 Å². The Bertz CT molecular complexity index is 429. The number of nitrogens with zero attached hydrogens (tertiary/aromatic N) is 1. The summed E-state index contributed by atoms with van der Waals surface area (Å²) in [5.74, 6) is 0.386. The Kier molecular flexibility index (Phi) is 2.42. The van der Waals surface area contributed by atoms with Gasteiger partial charge in [-0.2, -0.15) is 0 Å². The molecule has 4 heteroatoms. The molecule has 3 rings (SSSR count). The summed E-state index contributed by atoms with van der Waals surface area (Å²) in [4.78, 5) is 14.0. The maximum Gasteiger partial charge on any atom is 0.225 e. The number of carbonyl (C=O) groups is 1. The van der Waals surface area contributed by atoms with Crippen molar-refractivity contribution in [2.45, 2.75) is 18.9 Å². The largest absolute Gasteiger partial charge is 0.399 e. The average Bonchev–Trinajstić information content (AvgIpc) is 2.73. The number of amides is 1. The Hall–Kier alpha value is -1.71. The highest BCUT2D eigenvalue weighted by atomic mass is 16.2. The van der Waals surface area contributed by atoms with E-state index in [1.165, 1.54) is 5.69 Å². The maximum absolute atomic E-state index is 11.7. The van der Waals surface area contributed by atoms with Crippen LogP contribution in [0.3, 0.4) is 0 Å². The van der Waals surface area contributed by atoms with E-state index in [0.29, 0.717) is 6.04 Å². The van der Waals surface area contributed by atoms with E-state index in [1.54, 1.807) is 0 Å². The van der Waals surface area contributed by atoms with Crippen LogP contribution < -0.4 is 16.0 Å². The smallest absolute Gasteiger partial charge is 0.225 e. The first-order valence-corrected chi connectivity index (χ1v) is 6.15. The molecule has 2 unspecified atom stereocenters. The second kappa shape index (κ2) is 3.95. The number of benzene rings is 1. The standard InChI is InChI=1S/C13H17N3O/c14-9-3-5-10(6-4-9)16-7-1-2-11-12(16)8-15-13(11)17/h3-6,11-12H,1-2,7-8,14H2,(H,15,17). The van der Waals surface area contributed by atoms with Crippen LogP contribution in [0.25, 0.3) is 0 Å². The molecule has 1 amide bonds. The average molecular weight is 231 g/mol. The predicted octanol–water partition coefficient (Wildman–Crippen LogP) is 0.984. The zero-order chi connectivity index (χ0) is 11.8. The molecule has 0 aromatic heterocycles. The van der Waals surface area contributed by atoms with Gasteiger partial charge in [0.1, 0.15) is 0 Å². The SMILES string of the molecule is Nc1ccc(N2CCCC3C(=O)NCC32)cc1. The van der Waals surface area contributed by atoms with Gasteiger partial charge in [-0.05, 0) is 37.1 Å². The highest BCUT2D eigenvalue weighted by Gasteiger charge is 2.40. The Morgan fingerprint density at radius 2 is 2.06 bits per heavy atom. The van der Waals surface area contributed by atoms with Crippen molar-refractivity contribution in [1.82, 2.24) is 5.32 Å². The van der Waals surface area contributed by atoms with Crippen molar-refractivity contribution in [3.05, 3.63) is 24.3 Å². The molecule has 2 fully saturated rings. The Morgan fingerprint density at radius 3 is 2.82 bits per heavy atom. The fourth-order valence-corrected chi connectivity index (χ4v) is 2.94. The lowest BCUT2D eigenvalue weighted by Gasteiger charge is -2.37. The van der Waals surface area contributed by atoms with Gasteiger partial charge in [-0.25, -0.2) is 0 Å². The fraction of sp³-hybridized carbons (Fsp3) is 0.462. The van der Waals surface area contributed by atoms with Gasteiger partial charge in [0.25, 0.3) is 0 Å². The number of carbonyl (C=O) groups excluding carboxylic acids is 1. The first-order valence-electron chi connectivity index (χ1n) is 6.15. The van der Waals surface area contributed by atoms with Gasteiger partial charge in [0, 0.05) is 24.5 Å². The van der Waals surface area contributed by atoms with E-state index in [2.05, 4.69) is 10.2 Å². The van der Waals surface area contributed by atoms with Crippen LogP contribution in [0.2, 0.25) is 0 Å². The molecule has 0 spiro atoms. The van der Waals surface area contributed by atoms with Gasteiger partial charge in [0.15, 0.2) is 0 Å². The van der Waals surface area contributed by atoms with Gasteiger partial charge < -0.3 is 16.0 Å². The molecule has 2 atom stereocenters. The van der Waals surface area contributed by atoms with E-state index in [-0.39, 0.29) is 11.8 Å². The molecule has 2 saturated heterocycles. The highest BCUT2D eigenvalue weighted by Crippen LogP contribution is 2.31. The summed E-state index contributed by atoms with van der Waals surface area (Å²) in [6, 6.07) is 8.24. The normalized spacial score (nSPS) is 27.8. The van der Waals surface area contributed by atoms with E-state index in [1.807, 2.05) is 24.3 Å². The zero-order valence-electron chi connectivity index (χ0n) is 9.73. The molecule has 2 heterocycles. The summed E-state index contributed by atoms with van der Waals surface area (Å²) in [5, 5.41) is 2.97. The van der Waals surface area contributed by atoms with Crippen molar-refractivity contribution in [2.24, 2.45) is 5.92 Å². The third-order valence-electron chi connectivity index (χ3n) is 3.83. The third kappa shape index (κ3) is 1.73. The van der Waals surface area contributed by atoms with Crippen LogP contribution in [0.1, 0.15) is 12.8 Å². The van der Waals surface area contributed by atoms with Crippen molar-refractivity contribution in [3.8, 4) is 0 Å². The number of nitrogen functional groups attached to an aromatic ring is 1. The molecule has 0 aliphatic carbocycles. The Balaban J connectivity index is 1.87. The van der Waals surface area contributed by atoms with Gasteiger partial charge in [-0.1, -0.05) is 0 Å². The summed E-state index contributed by atoms with van der Waals surface area (Å²) in [6.45, 7) is 1.80. The molecule has 3 N–H and O–H groups in total. The molecule has 0 radical (unpaired) electrons. The Labute approximate surface area is 101 Å². The second-order valence-corrected chi connectivity index (χ2v) is 4.85. The van der Waals surface area contributed by atoms with Crippen LogP contribution in [0, 0.1) is 5.92 Å². The van der Waals surface area contributed by atoms with Crippen molar-refractivity contribution < 1.29 is 4.79 Å². The molecule has 2 aliphatic rings. The third-order valence-corrected chi connectivity index (χ3v) is 3.83. The first kappa shape index (κ1) is 10.4. The van der Waals surface area contributed by atoms with Crippen LogP contribution in [0.5, 0.6) is 0 Å². The molecule has 17 heavy (non-hydrogen) atoms. The quantitative estimate of drug-likeness (QED) is 0.708. The van der Waals surface area contributed by atoms with Crippen LogP contribution in [0.15, 0.2) is 24.3 Å². The number of nitrogens with one attached hydrogen (secondary N) is 1. The van der Waals surface area contributed by atoms with Gasteiger partial charge in [-0.3, -0.25) is 4.79 Å². The number of fused-ring (bicyclic) bond motifs is 1. The molecule has 1 aromatic rings. The van der Waals surface area contributed by atoms with E-state index in [0.717, 1.165) is 31.6 Å². The van der Waals surface area contributed by atoms with Crippen molar-refractivity contribution in [1.29, 1.82) is 0 Å². The lowest BCUT2D eigenvalue weighted by atomic mass is 9.91. The summed E-state index contributed by atoms with van der Waals surface area (Å²) >= 11 is 0. The van der Waals surface area contributed by atoms with Gasteiger partial charge in [-0.15, -0.1) is 0 Å². The molecular weight excluding hydrogens is 214 g/mol. The molecule has 90 valence electrons. The first-order chi connectivity index (χ1) is 8.25. The van der Waals surface area contributed by atoms with Gasteiger partial charge in [0.05, 0.1) is 12.0 Å². The summed E-state index contributed by atoms with van der Waals surface area (Å²) in [6.07, 6.45) is 2.10. The van der Waals surface area contributed by atoms with Gasteiger partial charge in [0.2, 0.25) is 5.91 Å². The van der Waals surface area contributed by atoms with Crippen LogP contribution >= 0.6 is 0 Å². The second-order valence-electron chi connectivity index (χ2n) is 4.85. The van der Waals surface area contributed by atoms with E-state index < -0.39 is 0 Å². The maximum atomic E-state index is 11.7. The molecule has 4 nitrogen and oxygen atoms in total. The minimum Gasteiger partial charge on any atom is -0.399 e. The molecular formula is C13H17N3O. The monoisotopic (exact) mass is 231 g/mol. The summed E-state index contributed by atoms with van der Waals surface area (Å²) in [7, 11) is 0. The van der Waals surface area contributed by atoms with E-state index >= 15 is 0 Å². The molecule has 1 aromatic carbocycles. The number of rotatable bonds is 1. The molecule has 0 bridgehead atoms. The lowest BCUT2D eigenvalue weighted by molar-refractivity contribution is -0.122. The van der Waals surface area contributed by atoms with Crippen LogP contribution in [0.4, 0.5) is 11.4 Å². The number of hydrogen-bond acceptors (Lipinski definition) is 3. The summed E-state index contributed by atoms with van der Waals surface area (Å²) < 4.78 is 0. The topological polar surface area (TPSA) is 58.4 Å². The van der Waals surface area contributed by atoms with Gasteiger partial charge >= 0.3 is 0 Å². The zero-order valence-corrected chi connectivity index (χ0v) is 9.73. The predicted molar refractivity (Wildman–Crippen MR) is 67.7 cm³/mol. The summed E-state index contributed by atoms with van der Waals surface area (Å²) in [5.41, 5.74) is 7.65. The number of hydrogen-bond donors (Lipinski definition) is 2. The number of anilines is 2. The van der Waals surface area contributed by atoms with Crippen molar-refractivity contribution >= 4 is 17.3 Å². The number of nitrogens with two attached hydrogens (primary N) is 1. The minimum absolute atomic E-state index is 0.168. The Morgan fingerprint density at radius 1 is 1.29 bits per heavy atom. The fourth-order valence-electron chi connectivity index (χ4n) is 2.94. The van der Waals surface area contributed by atoms with Crippen LogP contribution in [-0.4, -0.2) is 25.0 Å². The molecule has 0 saturated carbocycles.